The van der Waals surface area contributed by atoms with Crippen molar-refractivity contribution in [3.05, 3.63) is 21.9 Å². The smallest absolute Gasteiger partial charge is 0.203 e. The van der Waals surface area contributed by atoms with E-state index in [-0.39, 0.29) is 11.5 Å². The predicted molar refractivity (Wildman–Crippen MR) is 51.8 cm³/mol. The average Bonchev–Trinajstić information content (AvgIpc) is 2.09. The summed E-state index contributed by atoms with van der Waals surface area (Å²) in [5, 5.41) is 9.92. The van der Waals surface area contributed by atoms with Gasteiger partial charge in [0.05, 0.1) is 0 Å². The summed E-state index contributed by atoms with van der Waals surface area (Å²) < 4.78 is 0. The number of nitrogens with zero attached hydrogens (tertiary/aromatic N) is 2. The van der Waals surface area contributed by atoms with Crippen LogP contribution in [0.25, 0.3) is 0 Å². The Morgan fingerprint density at radius 2 is 2.31 bits per heavy atom. The molecule has 0 aromatic carbocycles. The third-order valence-corrected chi connectivity index (χ3v) is 1.31. The minimum absolute atomic E-state index is 0.0318. The summed E-state index contributed by atoms with van der Waals surface area (Å²) in [4.78, 5) is 13.5. The van der Waals surface area contributed by atoms with Gasteiger partial charge in [0.25, 0.3) is 0 Å². The van der Waals surface area contributed by atoms with Crippen molar-refractivity contribution in [1.29, 1.82) is 0 Å². The van der Waals surface area contributed by atoms with E-state index in [0.717, 1.165) is 12.8 Å². The second-order valence-electron chi connectivity index (χ2n) is 2.51. The van der Waals surface area contributed by atoms with Crippen LogP contribution in [0.5, 0.6) is 0 Å². The van der Waals surface area contributed by atoms with E-state index in [0.29, 0.717) is 13.0 Å². The fourth-order valence-electron chi connectivity index (χ4n) is 0.681. The third-order valence-electron chi connectivity index (χ3n) is 1.31. The summed E-state index contributed by atoms with van der Waals surface area (Å²) in [5.41, 5.74) is 2.76. The number of hydrogen-bond acceptors (Lipinski definition) is 3. The largest absolute Gasteiger partial charge is 0.265 e. The number of unbranched alkanes of at least 4 members (excludes halogenated alkanes) is 1. The third kappa shape index (κ3) is 10.6. The first kappa shape index (κ1) is 11.6. The van der Waals surface area contributed by atoms with Crippen LogP contribution in [0.3, 0.4) is 0 Å². The maximum absolute atomic E-state index is 9.92. The second kappa shape index (κ2) is 8.72. The summed E-state index contributed by atoms with van der Waals surface area (Å²) in [6, 6.07) is 0. The van der Waals surface area contributed by atoms with E-state index in [1.165, 1.54) is 0 Å². The Morgan fingerprint density at radius 1 is 1.54 bits per heavy atom. The van der Waals surface area contributed by atoms with Crippen LogP contribution >= 0.6 is 0 Å². The molecule has 0 aliphatic rings. The van der Waals surface area contributed by atoms with Crippen molar-refractivity contribution in [2.45, 2.75) is 26.2 Å². The molecule has 0 saturated carbocycles. The van der Waals surface area contributed by atoms with Crippen molar-refractivity contribution in [2.24, 2.45) is 4.99 Å². The van der Waals surface area contributed by atoms with Crippen LogP contribution < -0.4 is 0 Å². The molecule has 0 bridgehead atoms. The molecule has 0 rings (SSSR count). The SMILES string of the molecule is CCC=C=C=NCCCC[N+](=O)[O-]. The van der Waals surface area contributed by atoms with Gasteiger partial charge < -0.3 is 0 Å². The van der Waals surface area contributed by atoms with Crippen molar-refractivity contribution in [3.63, 3.8) is 0 Å². The molecule has 0 fully saturated rings. The molecule has 0 unspecified atom stereocenters. The van der Waals surface area contributed by atoms with Gasteiger partial charge in [0.15, 0.2) is 0 Å². The zero-order valence-corrected chi connectivity index (χ0v) is 7.82. The van der Waals surface area contributed by atoms with Gasteiger partial charge in [-0.05, 0) is 18.9 Å². The predicted octanol–water partition coefficient (Wildman–Crippen LogP) is 1.83. The van der Waals surface area contributed by atoms with Crippen molar-refractivity contribution in [1.82, 2.24) is 0 Å². The summed E-state index contributed by atoms with van der Waals surface area (Å²) in [6.07, 6.45) is 4.07. The quantitative estimate of drug-likeness (QED) is 0.207. The minimum Gasteiger partial charge on any atom is -0.265 e. The van der Waals surface area contributed by atoms with E-state index in [4.69, 9.17) is 0 Å². The molecule has 0 atom stereocenters. The van der Waals surface area contributed by atoms with Crippen molar-refractivity contribution < 1.29 is 4.92 Å². The molecular weight excluding hydrogens is 168 g/mol. The second-order valence-corrected chi connectivity index (χ2v) is 2.51. The molecule has 0 aliphatic carbocycles. The standard InChI is InChI=1S/C9H14N2O2/c1-2-3-4-7-10-8-5-6-9-11(12)13/h3H,2,5-6,8-9H2,1H3. The van der Waals surface area contributed by atoms with Gasteiger partial charge in [0.1, 0.15) is 0 Å². The molecular formula is C9H14N2O2. The van der Waals surface area contributed by atoms with E-state index in [1.807, 2.05) is 13.0 Å². The summed E-state index contributed by atoms with van der Waals surface area (Å²) in [5.74, 6) is 2.62. The van der Waals surface area contributed by atoms with Gasteiger partial charge in [0.2, 0.25) is 6.54 Å². The maximum atomic E-state index is 9.92. The average molecular weight is 182 g/mol. The van der Waals surface area contributed by atoms with Crippen LogP contribution in [-0.2, 0) is 0 Å². The molecule has 0 amide bonds. The topological polar surface area (TPSA) is 55.5 Å². The molecule has 72 valence electrons. The van der Waals surface area contributed by atoms with Crippen LogP contribution in [-0.4, -0.2) is 23.9 Å². The molecule has 0 radical (unpaired) electrons. The van der Waals surface area contributed by atoms with E-state index in [2.05, 4.69) is 16.6 Å². The Kier molecular flexibility index (Phi) is 7.80. The molecule has 0 aliphatic heterocycles. The van der Waals surface area contributed by atoms with Crippen LogP contribution in [0, 0.1) is 10.1 Å². The summed E-state index contributed by atoms with van der Waals surface area (Å²) >= 11 is 0. The molecule has 13 heavy (non-hydrogen) atoms. The fourth-order valence-corrected chi connectivity index (χ4v) is 0.681. The molecule has 4 heteroatoms. The lowest BCUT2D eigenvalue weighted by atomic mass is 10.3. The Hall–Kier alpha value is -1.37. The number of aliphatic imine (C=N–C) groups is 1. The first-order valence-electron chi connectivity index (χ1n) is 4.38. The molecule has 0 heterocycles. The molecule has 0 aromatic rings. The maximum Gasteiger partial charge on any atom is 0.203 e. The van der Waals surface area contributed by atoms with E-state index in [9.17, 15) is 10.1 Å². The Labute approximate surface area is 77.8 Å². The Balaban J connectivity index is 3.40. The first-order valence-corrected chi connectivity index (χ1v) is 4.38. The van der Waals surface area contributed by atoms with Crippen LogP contribution in [0.15, 0.2) is 16.8 Å². The number of allylic oxidation sites excluding steroid dienone is 1. The lowest BCUT2D eigenvalue weighted by molar-refractivity contribution is -0.480. The number of nitro groups is 1. The lowest BCUT2D eigenvalue weighted by Crippen LogP contribution is -2.00. The van der Waals surface area contributed by atoms with Crippen molar-refractivity contribution >= 4 is 5.87 Å². The van der Waals surface area contributed by atoms with Gasteiger partial charge in [-0.3, -0.25) is 10.1 Å². The lowest BCUT2D eigenvalue weighted by Gasteiger charge is -1.89. The summed E-state index contributed by atoms with van der Waals surface area (Å²) in [7, 11) is 0. The molecule has 0 saturated heterocycles. The highest BCUT2D eigenvalue weighted by molar-refractivity contribution is 5.50. The van der Waals surface area contributed by atoms with Gasteiger partial charge in [-0.1, -0.05) is 12.7 Å². The Bertz CT molecular complexity index is 236. The van der Waals surface area contributed by atoms with Gasteiger partial charge in [-0.15, -0.1) is 0 Å². The number of hydrogen-bond donors (Lipinski definition) is 0. The van der Waals surface area contributed by atoms with E-state index in [1.54, 1.807) is 0 Å². The van der Waals surface area contributed by atoms with Crippen molar-refractivity contribution in [2.75, 3.05) is 13.1 Å². The molecule has 0 aromatic heterocycles. The highest BCUT2D eigenvalue weighted by Gasteiger charge is 1.94. The minimum atomic E-state index is -0.309. The first-order chi connectivity index (χ1) is 6.27. The molecule has 4 nitrogen and oxygen atoms in total. The molecule has 0 spiro atoms. The summed E-state index contributed by atoms with van der Waals surface area (Å²) in [6.45, 7) is 2.63. The van der Waals surface area contributed by atoms with Crippen LogP contribution in [0.4, 0.5) is 0 Å². The normalized spacial score (nSPS) is 8.38. The van der Waals surface area contributed by atoms with Gasteiger partial charge >= 0.3 is 0 Å². The zero-order chi connectivity index (χ0) is 9.94. The van der Waals surface area contributed by atoms with Crippen LogP contribution in [0.1, 0.15) is 26.2 Å². The van der Waals surface area contributed by atoms with E-state index < -0.39 is 0 Å². The van der Waals surface area contributed by atoms with Gasteiger partial charge in [0, 0.05) is 23.8 Å². The highest BCUT2D eigenvalue weighted by Crippen LogP contribution is 1.88. The van der Waals surface area contributed by atoms with Gasteiger partial charge in [-0.25, -0.2) is 4.99 Å². The Morgan fingerprint density at radius 3 is 2.92 bits per heavy atom. The van der Waals surface area contributed by atoms with Gasteiger partial charge in [-0.2, -0.15) is 0 Å². The molecule has 0 N–H and O–H groups in total. The van der Waals surface area contributed by atoms with Crippen molar-refractivity contribution in [3.8, 4) is 0 Å². The zero-order valence-electron chi connectivity index (χ0n) is 7.82. The monoisotopic (exact) mass is 182 g/mol. The van der Waals surface area contributed by atoms with Crippen LogP contribution in [0.2, 0.25) is 0 Å². The fraction of sp³-hybridized carbons (Fsp3) is 0.667. The number of rotatable bonds is 6. The van der Waals surface area contributed by atoms with E-state index >= 15 is 0 Å². The highest BCUT2D eigenvalue weighted by atomic mass is 16.6.